The number of aliphatic hydroxyl groups excluding tert-OH is 1. The first-order valence-electron chi connectivity index (χ1n) is 8.70. The maximum atomic E-state index is 13.0. The molecular formula is C17H28N2O6. The SMILES string of the molecule is COC(=O)[C@@H]1CC[C@@H]2C[C@@H](O)CC[C@H](NC(=O)OC(C)(C)C)C(=O)N21. The van der Waals surface area contributed by atoms with E-state index >= 15 is 0 Å². The summed E-state index contributed by atoms with van der Waals surface area (Å²) < 4.78 is 10.0. The van der Waals surface area contributed by atoms with Crippen molar-refractivity contribution in [2.45, 2.75) is 82.7 Å². The van der Waals surface area contributed by atoms with Crippen LogP contribution in [0.5, 0.6) is 0 Å². The molecule has 0 unspecified atom stereocenters. The van der Waals surface area contributed by atoms with Crippen LogP contribution in [-0.2, 0) is 19.1 Å². The first-order chi connectivity index (χ1) is 11.6. The molecule has 0 radical (unpaired) electrons. The van der Waals surface area contributed by atoms with E-state index in [4.69, 9.17) is 9.47 Å². The summed E-state index contributed by atoms with van der Waals surface area (Å²) in [5.41, 5.74) is -0.682. The summed E-state index contributed by atoms with van der Waals surface area (Å²) in [6.45, 7) is 5.21. The highest BCUT2D eigenvalue weighted by Crippen LogP contribution is 2.32. The molecular weight excluding hydrogens is 328 g/mol. The van der Waals surface area contributed by atoms with Crippen LogP contribution in [-0.4, -0.2) is 64.9 Å². The number of hydrogen-bond donors (Lipinski definition) is 2. The number of methoxy groups -OCH3 is 1. The topological polar surface area (TPSA) is 105 Å². The second kappa shape index (κ2) is 7.59. The van der Waals surface area contributed by atoms with Gasteiger partial charge in [-0.3, -0.25) is 4.79 Å². The molecule has 0 spiro atoms. The second-order valence-corrected chi connectivity index (χ2v) is 7.68. The van der Waals surface area contributed by atoms with Gasteiger partial charge in [-0.1, -0.05) is 0 Å². The van der Waals surface area contributed by atoms with Crippen molar-refractivity contribution >= 4 is 18.0 Å². The van der Waals surface area contributed by atoms with Gasteiger partial charge in [0, 0.05) is 6.04 Å². The molecule has 0 saturated carbocycles. The van der Waals surface area contributed by atoms with Gasteiger partial charge >= 0.3 is 12.1 Å². The zero-order valence-corrected chi connectivity index (χ0v) is 15.3. The van der Waals surface area contributed by atoms with E-state index in [1.54, 1.807) is 20.8 Å². The van der Waals surface area contributed by atoms with E-state index in [-0.39, 0.29) is 18.4 Å². The Kier molecular flexibility index (Phi) is 5.92. The van der Waals surface area contributed by atoms with Gasteiger partial charge in [-0.25, -0.2) is 9.59 Å². The van der Waals surface area contributed by atoms with Crippen LogP contribution in [0.4, 0.5) is 4.79 Å². The standard InChI is InChI=1S/C17H28N2O6/c1-17(2,3)25-16(23)18-12-7-6-11(20)9-10-5-8-13(15(22)24-4)19(10)14(12)21/h10-13,20H,5-9H2,1-4H3,(H,18,23)/t10-,11+,12+,13+/m1/s1. The van der Waals surface area contributed by atoms with Gasteiger partial charge < -0.3 is 24.8 Å². The molecule has 0 aliphatic carbocycles. The molecule has 142 valence electrons. The van der Waals surface area contributed by atoms with Crippen molar-refractivity contribution in [1.82, 2.24) is 10.2 Å². The fourth-order valence-electron chi connectivity index (χ4n) is 3.49. The molecule has 0 aromatic carbocycles. The Labute approximate surface area is 147 Å². The number of esters is 1. The lowest BCUT2D eigenvalue weighted by Crippen LogP contribution is -2.56. The molecule has 2 aliphatic rings. The number of fused-ring (bicyclic) bond motifs is 1. The Bertz CT molecular complexity index is 530. The highest BCUT2D eigenvalue weighted by Gasteiger charge is 2.45. The Balaban J connectivity index is 2.18. The molecule has 2 N–H and O–H groups in total. The monoisotopic (exact) mass is 356 g/mol. The van der Waals surface area contributed by atoms with Crippen molar-refractivity contribution in [1.29, 1.82) is 0 Å². The molecule has 2 aliphatic heterocycles. The number of hydrogen-bond acceptors (Lipinski definition) is 6. The van der Waals surface area contributed by atoms with Crippen molar-refractivity contribution in [3.63, 3.8) is 0 Å². The summed E-state index contributed by atoms with van der Waals surface area (Å²) in [4.78, 5) is 38.5. The molecule has 2 amide bonds. The lowest BCUT2D eigenvalue weighted by molar-refractivity contribution is -0.154. The van der Waals surface area contributed by atoms with Crippen LogP contribution in [0.15, 0.2) is 0 Å². The number of aliphatic hydroxyl groups is 1. The van der Waals surface area contributed by atoms with Crippen molar-refractivity contribution in [3.05, 3.63) is 0 Å². The van der Waals surface area contributed by atoms with Crippen molar-refractivity contribution in [2.75, 3.05) is 7.11 Å². The minimum atomic E-state index is -0.836. The molecule has 25 heavy (non-hydrogen) atoms. The number of rotatable bonds is 2. The van der Waals surface area contributed by atoms with Gasteiger partial charge in [0.15, 0.2) is 0 Å². The molecule has 8 nitrogen and oxygen atoms in total. The lowest BCUT2D eigenvalue weighted by Gasteiger charge is -2.36. The van der Waals surface area contributed by atoms with E-state index in [0.717, 1.165) is 0 Å². The summed E-state index contributed by atoms with van der Waals surface area (Å²) in [6.07, 6.45) is 0.969. The third kappa shape index (κ3) is 4.84. The number of carbonyl (C=O) groups excluding carboxylic acids is 3. The third-order valence-electron chi connectivity index (χ3n) is 4.55. The molecule has 2 saturated heterocycles. The maximum Gasteiger partial charge on any atom is 0.408 e. The summed E-state index contributed by atoms with van der Waals surface area (Å²) >= 11 is 0. The van der Waals surface area contributed by atoms with Crippen LogP contribution in [0, 0.1) is 0 Å². The van der Waals surface area contributed by atoms with E-state index in [1.165, 1.54) is 12.0 Å². The van der Waals surface area contributed by atoms with Gasteiger partial charge in [0.1, 0.15) is 17.7 Å². The fourth-order valence-corrected chi connectivity index (χ4v) is 3.49. The number of nitrogens with zero attached hydrogens (tertiary/aromatic N) is 1. The average molecular weight is 356 g/mol. The Morgan fingerprint density at radius 1 is 1.20 bits per heavy atom. The summed E-state index contributed by atoms with van der Waals surface area (Å²) in [5.74, 6) is -0.794. The van der Waals surface area contributed by atoms with Crippen LogP contribution < -0.4 is 5.32 Å². The zero-order valence-electron chi connectivity index (χ0n) is 15.3. The Hall–Kier alpha value is -1.83. The van der Waals surface area contributed by atoms with E-state index in [2.05, 4.69) is 5.32 Å². The van der Waals surface area contributed by atoms with Gasteiger partial charge in [-0.05, 0) is 52.9 Å². The van der Waals surface area contributed by atoms with Gasteiger partial charge in [-0.2, -0.15) is 0 Å². The Morgan fingerprint density at radius 3 is 2.48 bits per heavy atom. The maximum absolute atomic E-state index is 13.0. The average Bonchev–Trinajstić information content (AvgIpc) is 2.90. The predicted molar refractivity (Wildman–Crippen MR) is 88.7 cm³/mol. The molecule has 2 fully saturated rings. The second-order valence-electron chi connectivity index (χ2n) is 7.68. The van der Waals surface area contributed by atoms with E-state index in [0.29, 0.717) is 25.7 Å². The number of ether oxygens (including phenoxy) is 2. The molecule has 0 bridgehead atoms. The quantitative estimate of drug-likeness (QED) is 0.714. The van der Waals surface area contributed by atoms with E-state index in [9.17, 15) is 19.5 Å². The largest absolute Gasteiger partial charge is 0.467 e. The summed E-state index contributed by atoms with van der Waals surface area (Å²) in [6, 6.07) is -1.73. The number of nitrogens with one attached hydrogen (secondary N) is 1. The lowest BCUT2D eigenvalue weighted by atomic mass is 9.97. The third-order valence-corrected chi connectivity index (χ3v) is 4.55. The van der Waals surface area contributed by atoms with E-state index < -0.39 is 35.9 Å². The van der Waals surface area contributed by atoms with Crippen molar-refractivity contribution < 1.29 is 29.0 Å². The Morgan fingerprint density at radius 2 is 1.88 bits per heavy atom. The minimum Gasteiger partial charge on any atom is -0.467 e. The molecule has 0 aromatic heterocycles. The van der Waals surface area contributed by atoms with E-state index in [1.807, 2.05) is 0 Å². The molecule has 2 heterocycles. The normalized spacial score (nSPS) is 30.1. The van der Waals surface area contributed by atoms with Crippen molar-refractivity contribution in [2.24, 2.45) is 0 Å². The first kappa shape index (κ1) is 19.5. The zero-order chi connectivity index (χ0) is 18.8. The summed E-state index contributed by atoms with van der Waals surface area (Å²) in [7, 11) is 1.29. The van der Waals surface area contributed by atoms with Crippen molar-refractivity contribution in [3.8, 4) is 0 Å². The highest BCUT2D eigenvalue weighted by atomic mass is 16.6. The molecule has 4 atom stereocenters. The van der Waals surface area contributed by atoms with Gasteiger partial charge in [0.25, 0.3) is 0 Å². The van der Waals surface area contributed by atoms with Crippen LogP contribution in [0.3, 0.4) is 0 Å². The molecule has 0 aromatic rings. The van der Waals surface area contributed by atoms with Gasteiger partial charge in [-0.15, -0.1) is 0 Å². The highest BCUT2D eigenvalue weighted by molar-refractivity contribution is 5.90. The van der Waals surface area contributed by atoms with Crippen LogP contribution in [0.25, 0.3) is 0 Å². The molecule has 8 heteroatoms. The molecule has 2 rings (SSSR count). The first-order valence-corrected chi connectivity index (χ1v) is 8.70. The van der Waals surface area contributed by atoms with Gasteiger partial charge in [0.05, 0.1) is 13.2 Å². The minimum absolute atomic E-state index is 0.227. The fraction of sp³-hybridized carbons (Fsp3) is 0.824. The van der Waals surface area contributed by atoms with Gasteiger partial charge in [0.2, 0.25) is 5.91 Å². The smallest absolute Gasteiger partial charge is 0.408 e. The van der Waals surface area contributed by atoms with Crippen LogP contribution in [0.2, 0.25) is 0 Å². The number of carbonyl (C=O) groups is 3. The number of alkyl carbamates (subject to hydrolysis) is 1. The predicted octanol–water partition coefficient (Wildman–Crippen LogP) is 0.957. The number of amides is 2. The van der Waals surface area contributed by atoms with Crippen LogP contribution in [0.1, 0.15) is 52.9 Å². The van der Waals surface area contributed by atoms with Crippen LogP contribution >= 0.6 is 0 Å². The summed E-state index contributed by atoms with van der Waals surface area (Å²) in [5, 5.41) is 12.8.